The predicted molar refractivity (Wildman–Crippen MR) is 78.9 cm³/mol. The van der Waals surface area contributed by atoms with Crippen molar-refractivity contribution in [3.05, 3.63) is 35.6 Å². The van der Waals surface area contributed by atoms with Crippen LogP contribution in [-0.2, 0) is 0 Å². The Morgan fingerprint density at radius 3 is 3.00 bits per heavy atom. The summed E-state index contributed by atoms with van der Waals surface area (Å²) in [7, 11) is 0. The van der Waals surface area contributed by atoms with Crippen molar-refractivity contribution in [2.24, 2.45) is 0 Å². The number of hydrogen-bond acceptors (Lipinski definition) is 4. The van der Waals surface area contributed by atoms with Crippen molar-refractivity contribution in [2.75, 3.05) is 17.3 Å². The number of carbonyl (C=O) groups is 1. The zero-order chi connectivity index (χ0) is 12.5. The molecule has 1 aromatic heterocycles. The van der Waals surface area contributed by atoms with Gasteiger partial charge in [0.2, 0.25) is 5.78 Å². The molecule has 2 nitrogen and oxygen atoms in total. The Bertz CT molecular complexity index is 582. The zero-order valence-corrected chi connectivity index (χ0v) is 11.8. The number of hydrogen-bond donors (Lipinski definition) is 0. The molecular weight excluding hydrogens is 264 g/mol. The topological polar surface area (TPSA) is 30.2 Å². The molecule has 0 N–H and O–H groups in total. The van der Waals surface area contributed by atoms with Crippen LogP contribution in [0.3, 0.4) is 0 Å². The summed E-state index contributed by atoms with van der Waals surface area (Å²) in [6.45, 7) is 2.01. The van der Waals surface area contributed by atoms with Crippen LogP contribution in [0, 0.1) is 6.92 Å². The van der Waals surface area contributed by atoms with Crippen LogP contribution in [0.25, 0.3) is 11.0 Å². The molecule has 3 rings (SSSR count). The SMILES string of the molecule is Cc1cccc2cc(C(=O)C3CSCCS3)oc12. The summed E-state index contributed by atoms with van der Waals surface area (Å²) in [5.41, 5.74) is 1.92. The minimum Gasteiger partial charge on any atom is -0.453 e. The fraction of sp³-hybridized carbons (Fsp3) is 0.357. The number of para-hydroxylation sites is 1. The fourth-order valence-corrected chi connectivity index (χ4v) is 4.74. The smallest absolute Gasteiger partial charge is 0.211 e. The van der Waals surface area contributed by atoms with Crippen LogP contribution in [0.4, 0.5) is 0 Å². The number of furan rings is 1. The number of benzene rings is 1. The lowest BCUT2D eigenvalue weighted by Crippen LogP contribution is -2.23. The highest BCUT2D eigenvalue weighted by Gasteiger charge is 2.26. The number of fused-ring (bicyclic) bond motifs is 1. The summed E-state index contributed by atoms with van der Waals surface area (Å²) in [4.78, 5) is 12.4. The van der Waals surface area contributed by atoms with Gasteiger partial charge in [-0.25, -0.2) is 0 Å². The molecule has 4 heteroatoms. The predicted octanol–water partition coefficient (Wildman–Crippen LogP) is 3.77. The molecule has 0 amide bonds. The summed E-state index contributed by atoms with van der Waals surface area (Å²) in [6, 6.07) is 7.87. The Morgan fingerprint density at radius 2 is 2.28 bits per heavy atom. The van der Waals surface area contributed by atoms with E-state index in [0.29, 0.717) is 5.76 Å². The lowest BCUT2D eigenvalue weighted by molar-refractivity contribution is 0.0970. The standard InChI is InChI=1S/C14H14O2S2/c1-9-3-2-4-10-7-11(16-14(9)10)13(15)12-8-17-5-6-18-12/h2-4,7,12H,5-6,8H2,1H3. The second-order valence-electron chi connectivity index (χ2n) is 4.40. The van der Waals surface area contributed by atoms with Gasteiger partial charge in [0.05, 0.1) is 5.25 Å². The molecule has 1 fully saturated rings. The first-order valence-corrected chi connectivity index (χ1v) is 8.19. The van der Waals surface area contributed by atoms with Crippen LogP contribution in [0.1, 0.15) is 16.1 Å². The Balaban J connectivity index is 1.94. The molecule has 94 valence electrons. The van der Waals surface area contributed by atoms with Crippen LogP contribution in [-0.4, -0.2) is 28.3 Å². The van der Waals surface area contributed by atoms with Gasteiger partial charge >= 0.3 is 0 Å². The second kappa shape index (κ2) is 5.02. The van der Waals surface area contributed by atoms with Crippen molar-refractivity contribution in [1.82, 2.24) is 0 Å². The van der Waals surface area contributed by atoms with Crippen molar-refractivity contribution < 1.29 is 9.21 Å². The number of rotatable bonds is 2. The molecule has 2 aromatic rings. The molecule has 0 aliphatic carbocycles. The zero-order valence-electron chi connectivity index (χ0n) is 10.1. The van der Waals surface area contributed by atoms with Crippen molar-refractivity contribution in [3.63, 3.8) is 0 Å². The van der Waals surface area contributed by atoms with Gasteiger partial charge in [0.1, 0.15) is 5.58 Å². The summed E-state index contributed by atoms with van der Waals surface area (Å²) >= 11 is 3.60. The molecule has 18 heavy (non-hydrogen) atoms. The van der Waals surface area contributed by atoms with E-state index in [1.807, 2.05) is 43.0 Å². The molecule has 1 aliphatic rings. The lowest BCUT2D eigenvalue weighted by Gasteiger charge is -2.18. The van der Waals surface area contributed by atoms with Gasteiger partial charge in [-0.3, -0.25) is 4.79 Å². The first-order valence-electron chi connectivity index (χ1n) is 5.98. The fourth-order valence-electron chi connectivity index (χ4n) is 2.13. The van der Waals surface area contributed by atoms with Gasteiger partial charge in [-0.05, 0) is 18.6 Å². The molecular formula is C14H14O2S2. The third-order valence-electron chi connectivity index (χ3n) is 3.09. The molecule has 0 bridgehead atoms. The normalized spacial score (nSPS) is 20.2. The van der Waals surface area contributed by atoms with E-state index in [1.165, 1.54) is 0 Å². The second-order valence-corrected chi connectivity index (χ2v) is 6.86. The van der Waals surface area contributed by atoms with Crippen molar-refractivity contribution >= 4 is 40.3 Å². The average molecular weight is 278 g/mol. The van der Waals surface area contributed by atoms with E-state index in [1.54, 1.807) is 11.8 Å². The van der Waals surface area contributed by atoms with Crippen LogP contribution < -0.4 is 0 Å². The Morgan fingerprint density at radius 1 is 1.39 bits per heavy atom. The maximum absolute atomic E-state index is 12.4. The first kappa shape index (κ1) is 12.2. The monoisotopic (exact) mass is 278 g/mol. The van der Waals surface area contributed by atoms with E-state index in [-0.39, 0.29) is 11.0 Å². The van der Waals surface area contributed by atoms with E-state index < -0.39 is 0 Å². The minimum absolute atomic E-state index is 0.0598. The molecule has 1 saturated heterocycles. The Hall–Kier alpha value is -0.870. The minimum atomic E-state index is 0.0598. The van der Waals surface area contributed by atoms with Gasteiger partial charge in [0, 0.05) is 22.6 Å². The highest BCUT2D eigenvalue weighted by atomic mass is 32.2. The van der Waals surface area contributed by atoms with Gasteiger partial charge in [-0.1, -0.05) is 18.2 Å². The largest absolute Gasteiger partial charge is 0.453 e. The maximum Gasteiger partial charge on any atom is 0.211 e. The number of ketones is 1. The van der Waals surface area contributed by atoms with Gasteiger partial charge in [0.15, 0.2) is 5.76 Å². The molecule has 0 spiro atoms. The van der Waals surface area contributed by atoms with Crippen LogP contribution in [0.2, 0.25) is 0 Å². The molecule has 0 saturated carbocycles. The Labute approximate surface area is 114 Å². The van der Waals surface area contributed by atoms with E-state index in [9.17, 15) is 4.79 Å². The molecule has 1 unspecified atom stereocenters. The van der Waals surface area contributed by atoms with Crippen molar-refractivity contribution in [2.45, 2.75) is 12.2 Å². The van der Waals surface area contributed by atoms with Crippen LogP contribution >= 0.6 is 23.5 Å². The van der Waals surface area contributed by atoms with Gasteiger partial charge in [-0.2, -0.15) is 11.8 Å². The third kappa shape index (κ3) is 2.19. The lowest BCUT2D eigenvalue weighted by atomic mass is 10.1. The number of aryl methyl sites for hydroxylation is 1. The highest BCUT2D eigenvalue weighted by Crippen LogP contribution is 2.29. The number of thioether (sulfide) groups is 2. The van der Waals surface area contributed by atoms with E-state index in [0.717, 1.165) is 33.8 Å². The molecule has 1 atom stereocenters. The number of Topliss-reactive ketones (excluding diaryl/α,β-unsaturated/α-hetero) is 1. The Kier molecular flexibility index (Phi) is 3.39. The quantitative estimate of drug-likeness (QED) is 0.782. The van der Waals surface area contributed by atoms with E-state index in [4.69, 9.17) is 4.42 Å². The molecule has 1 aliphatic heterocycles. The van der Waals surface area contributed by atoms with Crippen molar-refractivity contribution in [1.29, 1.82) is 0 Å². The summed E-state index contributed by atoms with van der Waals surface area (Å²) in [5.74, 6) is 3.76. The molecule has 2 heterocycles. The first-order chi connectivity index (χ1) is 8.75. The van der Waals surface area contributed by atoms with Crippen molar-refractivity contribution in [3.8, 4) is 0 Å². The third-order valence-corrected chi connectivity index (χ3v) is 5.85. The maximum atomic E-state index is 12.4. The number of carbonyl (C=O) groups excluding carboxylic acids is 1. The van der Waals surface area contributed by atoms with Gasteiger partial charge in [-0.15, -0.1) is 11.8 Å². The summed E-state index contributed by atoms with van der Waals surface area (Å²) in [6.07, 6.45) is 0. The van der Waals surface area contributed by atoms with Crippen LogP contribution in [0.15, 0.2) is 28.7 Å². The van der Waals surface area contributed by atoms with Crippen LogP contribution in [0.5, 0.6) is 0 Å². The van der Waals surface area contributed by atoms with Gasteiger partial charge in [0.25, 0.3) is 0 Å². The average Bonchev–Trinajstić information content (AvgIpc) is 2.84. The van der Waals surface area contributed by atoms with E-state index >= 15 is 0 Å². The van der Waals surface area contributed by atoms with Gasteiger partial charge < -0.3 is 4.42 Å². The summed E-state index contributed by atoms with van der Waals surface area (Å²) < 4.78 is 5.74. The molecule has 1 aromatic carbocycles. The van der Waals surface area contributed by atoms with E-state index in [2.05, 4.69) is 0 Å². The molecule has 0 radical (unpaired) electrons. The highest BCUT2D eigenvalue weighted by molar-refractivity contribution is 8.07. The summed E-state index contributed by atoms with van der Waals surface area (Å²) in [5, 5.41) is 1.08.